The normalized spacial score (nSPS) is 24.4. The first-order chi connectivity index (χ1) is 16.1. The number of thiophene rings is 1. The Labute approximate surface area is 193 Å². The van der Waals surface area contributed by atoms with Crippen LogP contribution in [0.25, 0.3) is 32.8 Å². The number of ether oxygens (including phenoxy) is 1. The van der Waals surface area contributed by atoms with Crippen LogP contribution in [-0.4, -0.2) is 43.8 Å². The fraction of sp³-hybridized carbons (Fsp3) is 0.435. The highest BCUT2D eigenvalue weighted by molar-refractivity contribution is 7.16. The summed E-state index contributed by atoms with van der Waals surface area (Å²) in [6.45, 7) is 2.22. The number of hydrogen-bond acceptors (Lipinski definition) is 8. The number of H-pyrrole nitrogens is 1. The van der Waals surface area contributed by atoms with Gasteiger partial charge in [0.15, 0.2) is 11.5 Å². The number of nitrogens with zero attached hydrogens (tertiary/aromatic N) is 4. The molecule has 0 spiro atoms. The molecule has 0 aliphatic heterocycles. The van der Waals surface area contributed by atoms with E-state index in [1.165, 1.54) is 17.4 Å². The Bertz CT molecular complexity index is 1350. The number of hydrogen-bond donors (Lipinski definition) is 2. The monoisotopic (exact) mass is 466 g/mol. The molecule has 3 aliphatic carbocycles. The van der Waals surface area contributed by atoms with Gasteiger partial charge in [0.25, 0.3) is 0 Å². The smallest absolute Gasteiger partial charge is 0.311 e. The summed E-state index contributed by atoms with van der Waals surface area (Å²) in [5.74, 6) is 1.05. The molecule has 0 unspecified atom stereocenters. The van der Waals surface area contributed by atoms with Crippen LogP contribution in [0, 0.1) is 23.6 Å². The molecule has 0 saturated heterocycles. The molecule has 33 heavy (non-hydrogen) atoms. The van der Waals surface area contributed by atoms with Crippen LogP contribution in [0.3, 0.4) is 0 Å². The molecule has 170 valence electrons. The van der Waals surface area contributed by atoms with Crippen LogP contribution in [0.15, 0.2) is 23.7 Å². The summed E-state index contributed by atoms with van der Waals surface area (Å²) in [5, 5.41) is 14.1. The minimum absolute atomic E-state index is 0.0416. The standard InChI is InChI=1S/C23H23FN6O2S/c1-2-32-23(31)16-11-3-5-12(6-4-11)17(16)26-20-14-7-8-33-22(14)28-21(27-20)18-15-9-13(24)10-25-19(15)30-29-18/h7-12,16-17H,2-6H2,1H3,(H,25,29,30)(H,26,27,28)/t11?,12?,16-,17-/m0/s1. The van der Waals surface area contributed by atoms with E-state index in [1.807, 2.05) is 18.4 Å². The van der Waals surface area contributed by atoms with E-state index < -0.39 is 5.82 Å². The number of fused-ring (bicyclic) bond motifs is 5. The molecule has 4 aromatic rings. The van der Waals surface area contributed by atoms with Crippen molar-refractivity contribution in [3.63, 3.8) is 0 Å². The molecule has 0 radical (unpaired) electrons. The van der Waals surface area contributed by atoms with E-state index in [1.54, 1.807) is 0 Å². The Morgan fingerprint density at radius 3 is 2.88 bits per heavy atom. The maximum Gasteiger partial charge on any atom is 0.311 e. The first-order valence-corrected chi connectivity index (χ1v) is 12.2. The van der Waals surface area contributed by atoms with Crippen LogP contribution in [0.2, 0.25) is 0 Å². The number of halogens is 1. The molecule has 10 heteroatoms. The van der Waals surface area contributed by atoms with Crippen molar-refractivity contribution in [3.05, 3.63) is 29.5 Å². The molecule has 2 atom stereocenters. The van der Waals surface area contributed by atoms with E-state index in [0.29, 0.717) is 46.8 Å². The van der Waals surface area contributed by atoms with Crippen molar-refractivity contribution < 1.29 is 13.9 Å². The van der Waals surface area contributed by atoms with E-state index in [2.05, 4.69) is 20.5 Å². The first-order valence-electron chi connectivity index (χ1n) is 11.3. The highest BCUT2D eigenvalue weighted by Gasteiger charge is 2.48. The Hall–Kier alpha value is -3.14. The molecular formula is C23H23FN6O2S. The SMILES string of the molecule is CCOC(=O)[C@H]1C2CCC(CC2)[C@@H]1Nc1nc(-c2[nH]nc3ncc(F)cc23)nc2sccc12. The lowest BCUT2D eigenvalue weighted by molar-refractivity contribution is -0.154. The van der Waals surface area contributed by atoms with E-state index in [0.717, 1.165) is 42.1 Å². The van der Waals surface area contributed by atoms with Crippen molar-refractivity contribution in [1.82, 2.24) is 25.1 Å². The number of esters is 1. The summed E-state index contributed by atoms with van der Waals surface area (Å²) in [7, 11) is 0. The van der Waals surface area contributed by atoms with Crippen LogP contribution >= 0.6 is 11.3 Å². The van der Waals surface area contributed by atoms with Gasteiger partial charge in [-0.15, -0.1) is 11.3 Å². The first kappa shape index (κ1) is 20.5. The maximum atomic E-state index is 13.9. The number of aromatic nitrogens is 5. The molecule has 4 heterocycles. The van der Waals surface area contributed by atoms with Crippen LogP contribution < -0.4 is 5.32 Å². The predicted molar refractivity (Wildman–Crippen MR) is 123 cm³/mol. The van der Waals surface area contributed by atoms with Crippen molar-refractivity contribution in [3.8, 4) is 11.5 Å². The molecular weight excluding hydrogens is 443 g/mol. The minimum atomic E-state index is -0.448. The largest absolute Gasteiger partial charge is 0.466 e. The molecule has 8 nitrogen and oxygen atoms in total. The number of pyridine rings is 1. The second kappa shape index (κ2) is 8.02. The lowest BCUT2D eigenvalue weighted by Crippen LogP contribution is -2.52. The van der Waals surface area contributed by atoms with Gasteiger partial charge in [0.2, 0.25) is 0 Å². The predicted octanol–water partition coefficient (Wildman–Crippen LogP) is 4.55. The summed E-state index contributed by atoms with van der Waals surface area (Å²) in [6.07, 6.45) is 5.46. The van der Waals surface area contributed by atoms with Crippen LogP contribution in [0.5, 0.6) is 0 Å². The molecule has 3 aliphatic rings. The van der Waals surface area contributed by atoms with Gasteiger partial charge in [-0.1, -0.05) is 0 Å². The number of rotatable bonds is 5. The lowest BCUT2D eigenvalue weighted by Gasteiger charge is -2.47. The van der Waals surface area contributed by atoms with Gasteiger partial charge in [-0.2, -0.15) is 5.10 Å². The Morgan fingerprint density at radius 2 is 2.06 bits per heavy atom. The molecule has 4 aromatic heterocycles. The number of anilines is 1. The summed E-state index contributed by atoms with van der Waals surface area (Å²) in [5.41, 5.74) is 0.921. The molecule has 3 fully saturated rings. The van der Waals surface area contributed by atoms with Crippen molar-refractivity contribution >= 4 is 44.4 Å². The van der Waals surface area contributed by atoms with Crippen LogP contribution in [-0.2, 0) is 9.53 Å². The minimum Gasteiger partial charge on any atom is -0.466 e. The summed E-state index contributed by atoms with van der Waals surface area (Å²) in [6, 6.07) is 3.33. The Balaban J connectivity index is 1.43. The third kappa shape index (κ3) is 3.43. The molecule has 3 saturated carbocycles. The number of nitrogens with one attached hydrogen (secondary N) is 2. The van der Waals surface area contributed by atoms with Gasteiger partial charge in [0.05, 0.1) is 29.5 Å². The van der Waals surface area contributed by atoms with Crippen molar-refractivity contribution in [2.75, 3.05) is 11.9 Å². The fourth-order valence-corrected chi connectivity index (χ4v) is 6.28. The molecule has 7 rings (SSSR count). The molecule has 2 N–H and O–H groups in total. The van der Waals surface area contributed by atoms with Crippen molar-refractivity contribution in [1.29, 1.82) is 0 Å². The zero-order valence-electron chi connectivity index (χ0n) is 18.0. The average Bonchev–Trinajstić information content (AvgIpc) is 3.46. The zero-order chi connectivity index (χ0) is 22.5. The highest BCUT2D eigenvalue weighted by atomic mass is 32.1. The quantitative estimate of drug-likeness (QED) is 0.416. The van der Waals surface area contributed by atoms with E-state index in [4.69, 9.17) is 14.7 Å². The second-order valence-electron chi connectivity index (χ2n) is 8.78. The molecule has 0 amide bonds. The topological polar surface area (TPSA) is 106 Å². The Kier molecular flexibility index (Phi) is 4.97. The highest BCUT2D eigenvalue weighted by Crippen LogP contribution is 2.47. The van der Waals surface area contributed by atoms with E-state index >= 15 is 0 Å². The number of carbonyl (C=O) groups is 1. The van der Waals surface area contributed by atoms with Gasteiger partial charge in [0, 0.05) is 6.04 Å². The van der Waals surface area contributed by atoms with Crippen molar-refractivity contribution in [2.24, 2.45) is 17.8 Å². The maximum absolute atomic E-state index is 13.9. The van der Waals surface area contributed by atoms with Crippen LogP contribution in [0.4, 0.5) is 10.2 Å². The summed E-state index contributed by atoms with van der Waals surface area (Å²) in [4.78, 5) is 27.2. The fourth-order valence-electron chi connectivity index (χ4n) is 5.51. The van der Waals surface area contributed by atoms with E-state index in [-0.39, 0.29) is 17.9 Å². The molecule has 2 bridgehead atoms. The van der Waals surface area contributed by atoms with Gasteiger partial charge < -0.3 is 10.1 Å². The van der Waals surface area contributed by atoms with Gasteiger partial charge >= 0.3 is 5.97 Å². The zero-order valence-corrected chi connectivity index (χ0v) is 18.9. The van der Waals surface area contributed by atoms with Gasteiger partial charge in [-0.25, -0.2) is 19.3 Å². The van der Waals surface area contributed by atoms with Gasteiger partial charge in [0.1, 0.15) is 22.2 Å². The third-order valence-corrected chi connectivity index (χ3v) is 7.81. The number of aromatic amines is 1. The van der Waals surface area contributed by atoms with Gasteiger partial charge in [-0.3, -0.25) is 9.89 Å². The van der Waals surface area contributed by atoms with Crippen LogP contribution in [0.1, 0.15) is 32.6 Å². The summed E-state index contributed by atoms with van der Waals surface area (Å²) < 4.78 is 19.3. The third-order valence-electron chi connectivity index (χ3n) is 7.01. The van der Waals surface area contributed by atoms with E-state index in [9.17, 15) is 9.18 Å². The second-order valence-corrected chi connectivity index (χ2v) is 9.68. The average molecular weight is 467 g/mol. The Morgan fingerprint density at radius 1 is 1.24 bits per heavy atom. The van der Waals surface area contributed by atoms with Crippen molar-refractivity contribution in [2.45, 2.75) is 38.6 Å². The number of carbonyl (C=O) groups excluding carboxylic acids is 1. The lowest BCUT2D eigenvalue weighted by atomic mass is 9.61. The van der Waals surface area contributed by atoms with Gasteiger partial charge in [-0.05, 0) is 62.0 Å². The molecule has 0 aromatic carbocycles. The summed E-state index contributed by atoms with van der Waals surface area (Å²) >= 11 is 1.51.